The molecule has 2 unspecified atom stereocenters. The van der Waals surface area contributed by atoms with E-state index >= 15 is 0 Å². The van der Waals surface area contributed by atoms with Gasteiger partial charge in [-0.15, -0.1) is 0 Å². The second-order valence-electron chi connectivity index (χ2n) is 5.93. The number of methoxy groups -OCH3 is 1. The van der Waals surface area contributed by atoms with Gasteiger partial charge < -0.3 is 14.2 Å². The SMILES string of the molecule is COC(C)CCOc1ccc(C2OCC2(C)C)cc1. The van der Waals surface area contributed by atoms with Crippen molar-refractivity contribution in [3.05, 3.63) is 29.8 Å². The summed E-state index contributed by atoms with van der Waals surface area (Å²) < 4.78 is 16.5. The molecular formula is C16H24O3. The summed E-state index contributed by atoms with van der Waals surface area (Å²) >= 11 is 0. The maximum absolute atomic E-state index is 5.70. The van der Waals surface area contributed by atoms with Gasteiger partial charge in [0.25, 0.3) is 0 Å². The first-order valence-electron chi connectivity index (χ1n) is 6.90. The normalized spacial score (nSPS) is 22.6. The number of rotatable bonds is 6. The summed E-state index contributed by atoms with van der Waals surface area (Å²) in [5, 5.41) is 0. The van der Waals surface area contributed by atoms with Crippen molar-refractivity contribution in [3.63, 3.8) is 0 Å². The standard InChI is InChI=1S/C16H24O3/c1-12(17-4)9-10-18-14-7-5-13(6-8-14)15-16(2,3)11-19-15/h5-8,12,15H,9-11H2,1-4H3. The van der Waals surface area contributed by atoms with Crippen molar-refractivity contribution in [3.8, 4) is 5.75 Å². The largest absolute Gasteiger partial charge is 0.493 e. The molecule has 0 aromatic heterocycles. The highest BCUT2D eigenvalue weighted by atomic mass is 16.5. The van der Waals surface area contributed by atoms with Crippen molar-refractivity contribution in [2.24, 2.45) is 5.41 Å². The fraction of sp³-hybridized carbons (Fsp3) is 0.625. The predicted octanol–water partition coefficient (Wildman–Crippen LogP) is 3.59. The molecule has 1 heterocycles. The second-order valence-corrected chi connectivity index (χ2v) is 5.93. The first kappa shape index (κ1) is 14.4. The fourth-order valence-electron chi connectivity index (χ4n) is 2.25. The Morgan fingerprint density at radius 3 is 2.47 bits per heavy atom. The molecule has 0 saturated carbocycles. The van der Waals surface area contributed by atoms with Crippen LogP contribution in [0.4, 0.5) is 0 Å². The van der Waals surface area contributed by atoms with Gasteiger partial charge in [-0.1, -0.05) is 26.0 Å². The summed E-state index contributed by atoms with van der Waals surface area (Å²) in [5.74, 6) is 0.907. The van der Waals surface area contributed by atoms with E-state index in [4.69, 9.17) is 14.2 Å². The van der Waals surface area contributed by atoms with Crippen LogP contribution in [0.15, 0.2) is 24.3 Å². The maximum atomic E-state index is 5.70. The lowest BCUT2D eigenvalue weighted by Gasteiger charge is -2.44. The molecule has 106 valence electrons. The van der Waals surface area contributed by atoms with Crippen LogP contribution < -0.4 is 4.74 Å². The molecule has 0 radical (unpaired) electrons. The quantitative estimate of drug-likeness (QED) is 0.786. The molecule has 1 aliphatic rings. The van der Waals surface area contributed by atoms with Crippen LogP contribution in [0.2, 0.25) is 0 Å². The van der Waals surface area contributed by atoms with Gasteiger partial charge in [0, 0.05) is 18.9 Å². The van der Waals surface area contributed by atoms with E-state index in [1.807, 2.05) is 19.1 Å². The van der Waals surface area contributed by atoms with Crippen LogP contribution in [-0.2, 0) is 9.47 Å². The molecule has 2 atom stereocenters. The van der Waals surface area contributed by atoms with Crippen LogP contribution in [0.25, 0.3) is 0 Å². The van der Waals surface area contributed by atoms with Gasteiger partial charge in [-0.05, 0) is 24.6 Å². The van der Waals surface area contributed by atoms with Crippen LogP contribution >= 0.6 is 0 Å². The van der Waals surface area contributed by atoms with E-state index in [0.717, 1.165) is 18.8 Å². The number of benzene rings is 1. The minimum Gasteiger partial charge on any atom is -0.493 e. The van der Waals surface area contributed by atoms with Crippen molar-refractivity contribution in [2.45, 2.75) is 39.4 Å². The number of ether oxygens (including phenoxy) is 3. The van der Waals surface area contributed by atoms with E-state index in [1.165, 1.54) is 5.56 Å². The molecule has 0 spiro atoms. The summed E-state index contributed by atoms with van der Waals surface area (Å²) in [6.07, 6.45) is 1.36. The second kappa shape index (κ2) is 5.93. The van der Waals surface area contributed by atoms with Crippen LogP contribution in [0, 0.1) is 5.41 Å². The van der Waals surface area contributed by atoms with Crippen LogP contribution in [0.5, 0.6) is 5.75 Å². The highest BCUT2D eigenvalue weighted by Gasteiger charge is 2.40. The molecule has 0 bridgehead atoms. The molecule has 1 aromatic rings. The fourth-order valence-corrected chi connectivity index (χ4v) is 2.25. The smallest absolute Gasteiger partial charge is 0.119 e. The van der Waals surface area contributed by atoms with Crippen molar-refractivity contribution in [1.82, 2.24) is 0 Å². The molecule has 1 aromatic carbocycles. The number of hydrogen-bond acceptors (Lipinski definition) is 3. The van der Waals surface area contributed by atoms with Crippen molar-refractivity contribution >= 4 is 0 Å². The maximum Gasteiger partial charge on any atom is 0.119 e. The van der Waals surface area contributed by atoms with Crippen molar-refractivity contribution < 1.29 is 14.2 Å². The van der Waals surface area contributed by atoms with Gasteiger partial charge in [0.1, 0.15) is 5.75 Å². The molecule has 3 nitrogen and oxygen atoms in total. The molecule has 3 heteroatoms. The van der Waals surface area contributed by atoms with Crippen molar-refractivity contribution in [1.29, 1.82) is 0 Å². The Hall–Kier alpha value is -1.06. The lowest BCUT2D eigenvalue weighted by Crippen LogP contribution is -2.40. The summed E-state index contributed by atoms with van der Waals surface area (Å²) in [6, 6.07) is 8.23. The van der Waals surface area contributed by atoms with E-state index in [1.54, 1.807) is 7.11 Å². The molecule has 0 amide bonds. The zero-order valence-electron chi connectivity index (χ0n) is 12.3. The average molecular weight is 264 g/mol. The Morgan fingerprint density at radius 2 is 2.00 bits per heavy atom. The van der Waals surface area contributed by atoms with Gasteiger partial charge in [0.05, 0.1) is 25.4 Å². The zero-order chi connectivity index (χ0) is 13.9. The summed E-state index contributed by atoms with van der Waals surface area (Å²) in [4.78, 5) is 0. The van der Waals surface area contributed by atoms with Gasteiger partial charge >= 0.3 is 0 Å². The Morgan fingerprint density at radius 1 is 1.32 bits per heavy atom. The Bertz CT molecular complexity index is 397. The van der Waals surface area contributed by atoms with Gasteiger partial charge in [0.15, 0.2) is 0 Å². The molecule has 1 fully saturated rings. The minimum absolute atomic E-state index is 0.218. The third-order valence-corrected chi connectivity index (χ3v) is 3.71. The Kier molecular flexibility index (Phi) is 4.48. The Labute approximate surface area is 115 Å². The summed E-state index contributed by atoms with van der Waals surface area (Å²) in [6.45, 7) is 8.03. The van der Waals surface area contributed by atoms with Crippen LogP contribution in [-0.4, -0.2) is 26.4 Å². The molecule has 19 heavy (non-hydrogen) atoms. The zero-order valence-corrected chi connectivity index (χ0v) is 12.3. The molecule has 1 aliphatic heterocycles. The van der Waals surface area contributed by atoms with E-state index in [2.05, 4.69) is 26.0 Å². The van der Waals surface area contributed by atoms with Gasteiger partial charge in [-0.25, -0.2) is 0 Å². The molecular weight excluding hydrogens is 240 g/mol. The first-order chi connectivity index (χ1) is 9.03. The summed E-state index contributed by atoms with van der Waals surface area (Å²) in [5.41, 5.74) is 1.48. The Balaban J connectivity index is 1.85. The van der Waals surface area contributed by atoms with Gasteiger partial charge in [-0.3, -0.25) is 0 Å². The third kappa shape index (κ3) is 3.48. The van der Waals surface area contributed by atoms with E-state index < -0.39 is 0 Å². The van der Waals surface area contributed by atoms with Crippen molar-refractivity contribution in [2.75, 3.05) is 20.3 Å². The van der Waals surface area contributed by atoms with E-state index in [0.29, 0.717) is 6.61 Å². The highest BCUT2D eigenvalue weighted by Crippen LogP contribution is 2.45. The van der Waals surface area contributed by atoms with Crippen LogP contribution in [0.3, 0.4) is 0 Å². The molecule has 0 aliphatic carbocycles. The average Bonchev–Trinajstić information content (AvgIpc) is 2.39. The third-order valence-electron chi connectivity index (χ3n) is 3.71. The monoisotopic (exact) mass is 264 g/mol. The first-order valence-corrected chi connectivity index (χ1v) is 6.90. The minimum atomic E-state index is 0.218. The highest BCUT2D eigenvalue weighted by molar-refractivity contribution is 5.30. The summed E-state index contributed by atoms with van der Waals surface area (Å²) in [7, 11) is 1.72. The topological polar surface area (TPSA) is 27.7 Å². The molecule has 1 saturated heterocycles. The molecule has 0 N–H and O–H groups in total. The lowest BCUT2D eigenvalue weighted by atomic mass is 9.79. The van der Waals surface area contributed by atoms with Crippen LogP contribution in [0.1, 0.15) is 38.9 Å². The molecule has 2 rings (SSSR count). The predicted molar refractivity (Wildman–Crippen MR) is 75.5 cm³/mol. The lowest BCUT2D eigenvalue weighted by molar-refractivity contribution is -0.172. The number of hydrogen-bond donors (Lipinski definition) is 0. The van der Waals surface area contributed by atoms with E-state index in [9.17, 15) is 0 Å². The van der Waals surface area contributed by atoms with Gasteiger partial charge in [0.2, 0.25) is 0 Å². The van der Waals surface area contributed by atoms with E-state index in [-0.39, 0.29) is 17.6 Å². The van der Waals surface area contributed by atoms with Gasteiger partial charge in [-0.2, -0.15) is 0 Å².